The number of rotatable bonds is 11. The summed E-state index contributed by atoms with van der Waals surface area (Å²) in [6.07, 6.45) is 4.11. The lowest BCUT2D eigenvalue weighted by Crippen LogP contribution is -2.23. The van der Waals surface area contributed by atoms with Gasteiger partial charge in [0.2, 0.25) is 0 Å². The number of nitrogens with zero attached hydrogens (tertiary/aromatic N) is 3. The quantitative estimate of drug-likeness (QED) is 0.331. The van der Waals surface area contributed by atoms with Crippen molar-refractivity contribution >= 4 is 17.7 Å². The third-order valence-electron chi connectivity index (χ3n) is 6.56. The smallest absolute Gasteiger partial charge is 0.329 e. The zero-order valence-electron chi connectivity index (χ0n) is 20.4. The maximum absolute atomic E-state index is 10.7. The van der Waals surface area contributed by atoms with Crippen molar-refractivity contribution < 1.29 is 19.4 Å². The molecule has 1 aromatic heterocycles. The zero-order chi connectivity index (χ0) is 25.3. The molecule has 0 bridgehead atoms. The lowest BCUT2D eigenvalue weighted by molar-refractivity contribution is -0.142. The third kappa shape index (κ3) is 6.48. The number of hydrogen-bond acceptors (Lipinski definition) is 6. The number of ether oxygens (including phenoxy) is 2. The van der Waals surface area contributed by atoms with E-state index in [0.717, 1.165) is 65.4 Å². The van der Waals surface area contributed by atoms with E-state index < -0.39 is 5.97 Å². The lowest BCUT2D eigenvalue weighted by atomic mass is 9.82. The Morgan fingerprint density at radius 2 is 1.83 bits per heavy atom. The molecular weight excluding hydrogens is 474 g/mol. The second-order valence-electron chi connectivity index (χ2n) is 9.05. The molecule has 1 aliphatic rings. The molecule has 1 aliphatic carbocycles. The highest BCUT2D eigenvalue weighted by atomic mass is 32.2. The van der Waals surface area contributed by atoms with Gasteiger partial charge in [-0.3, -0.25) is 4.68 Å². The van der Waals surface area contributed by atoms with E-state index in [4.69, 9.17) is 19.7 Å². The molecule has 188 valence electrons. The van der Waals surface area contributed by atoms with Crippen LogP contribution in [0.15, 0.2) is 59.6 Å². The normalized spacial score (nSPS) is 17.4. The van der Waals surface area contributed by atoms with E-state index in [2.05, 4.69) is 29.0 Å². The average Bonchev–Trinajstić information content (AvgIpc) is 3.26. The van der Waals surface area contributed by atoms with Crippen LogP contribution in [0, 0.1) is 23.2 Å². The van der Waals surface area contributed by atoms with Crippen molar-refractivity contribution in [2.75, 3.05) is 26.1 Å². The Balaban J connectivity index is 1.62. The van der Waals surface area contributed by atoms with Crippen molar-refractivity contribution in [3.8, 4) is 34.2 Å². The molecule has 8 heteroatoms. The average molecular weight is 506 g/mol. The summed E-state index contributed by atoms with van der Waals surface area (Å²) in [6, 6.07) is 20.4. The van der Waals surface area contributed by atoms with E-state index in [1.807, 2.05) is 36.4 Å². The number of carboxylic acid groups (broad SMARTS) is 1. The van der Waals surface area contributed by atoms with Gasteiger partial charge in [-0.05, 0) is 55.2 Å². The maximum Gasteiger partial charge on any atom is 0.329 e. The molecule has 36 heavy (non-hydrogen) atoms. The van der Waals surface area contributed by atoms with Gasteiger partial charge >= 0.3 is 5.97 Å². The standard InChI is InChI=1S/C28H31N3O4S/c1-34-24-9-5-8-23(16-24)26-27(22-6-3-2-4-7-22)30-31(28(26)36-15-14-29)17-20-10-12-21(13-11-20)18-35-19-25(32)33/h2-9,16,20-21H,10-13,15,17-19H2,1H3,(H,32,33). The molecular formula is C28H31N3O4S. The monoisotopic (exact) mass is 505 g/mol. The molecule has 1 saturated carbocycles. The Bertz CT molecular complexity index is 1200. The van der Waals surface area contributed by atoms with Crippen LogP contribution in [-0.4, -0.2) is 46.9 Å². The minimum Gasteiger partial charge on any atom is -0.497 e. The summed E-state index contributed by atoms with van der Waals surface area (Å²) >= 11 is 1.52. The second kappa shape index (κ2) is 12.6. The molecule has 1 fully saturated rings. The van der Waals surface area contributed by atoms with E-state index >= 15 is 0 Å². The number of aromatic nitrogens is 2. The summed E-state index contributed by atoms with van der Waals surface area (Å²) in [5.41, 5.74) is 3.97. The summed E-state index contributed by atoms with van der Waals surface area (Å²) in [4.78, 5) is 10.7. The van der Waals surface area contributed by atoms with Crippen molar-refractivity contribution in [3.63, 3.8) is 0 Å². The number of carboxylic acids is 1. The number of methoxy groups -OCH3 is 1. The van der Waals surface area contributed by atoms with Crippen LogP contribution in [0.3, 0.4) is 0 Å². The molecule has 0 saturated heterocycles. The second-order valence-corrected chi connectivity index (χ2v) is 10.0. The predicted molar refractivity (Wildman–Crippen MR) is 140 cm³/mol. The first-order valence-corrected chi connectivity index (χ1v) is 13.2. The van der Waals surface area contributed by atoms with Crippen LogP contribution in [0.4, 0.5) is 0 Å². The Morgan fingerprint density at radius 1 is 1.11 bits per heavy atom. The maximum atomic E-state index is 10.7. The van der Waals surface area contributed by atoms with Crippen LogP contribution in [-0.2, 0) is 16.1 Å². The van der Waals surface area contributed by atoms with E-state index in [1.54, 1.807) is 7.11 Å². The lowest BCUT2D eigenvalue weighted by Gasteiger charge is -2.28. The molecule has 0 amide bonds. The highest BCUT2D eigenvalue weighted by molar-refractivity contribution is 7.99. The summed E-state index contributed by atoms with van der Waals surface area (Å²) < 4.78 is 12.9. The molecule has 0 unspecified atom stereocenters. The Morgan fingerprint density at radius 3 is 2.53 bits per heavy atom. The number of benzene rings is 2. The molecule has 3 aromatic rings. The minimum absolute atomic E-state index is 0.234. The molecule has 0 atom stereocenters. The van der Waals surface area contributed by atoms with Crippen molar-refractivity contribution in [1.82, 2.24) is 9.78 Å². The zero-order valence-corrected chi connectivity index (χ0v) is 21.2. The van der Waals surface area contributed by atoms with Crippen LogP contribution in [0.5, 0.6) is 5.75 Å². The molecule has 2 aromatic carbocycles. The largest absolute Gasteiger partial charge is 0.497 e. The molecule has 7 nitrogen and oxygen atoms in total. The highest BCUT2D eigenvalue weighted by Crippen LogP contribution is 2.41. The van der Waals surface area contributed by atoms with Gasteiger partial charge < -0.3 is 14.6 Å². The number of nitriles is 1. The van der Waals surface area contributed by atoms with Gasteiger partial charge in [-0.15, -0.1) is 0 Å². The van der Waals surface area contributed by atoms with Crippen LogP contribution in [0.25, 0.3) is 22.4 Å². The Hall–Kier alpha value is -3.28. The first kappa shape index (κ1) is 25.8. The predicted octanol–water partition coefficient (Wildman–Crippen LogP) is 5.75. The van der Waals surface area contributed by atoms with Gasteiger partial charge in [-0.1, -0.05) is 54.2 Å². The molecule has 0 aliphatic heterocycles. The van der Waals surface area contributed by atoms with Crippen LogP contribution >= 0.6 is 11.8 Å². The first-order chi connectivity index (χ1) is 17.6. The minimum atomic E-state index is -0.925. The third-order valence-corrected chi connectivity index (χ3v) is 7.52. The number of carbonyl (C=O) groups is 1. The fourth-order valence-corrected chi connectivity index (χ4v) is 5.62. The van der Waals surface area contributed by atoms with Gasteiger partial charge in [0.15, 0.2) is 0 Å². The molecule has 0 spiro atoms. The van der Waals surface area contributed by atoms with E-state index in [1.165, 1.54) is 11.8 Å². The highest BCUT2D eigenvalue weighted by Gasteiger charge is 2.26. The van der Waals surface area contributed by atoms with Crippen molar-refractivity contribution in [2.24, 2.45) is 11.8 Å². The summed E-state index contributed by atoms with van der Waals surface area (Å²) in [5.74, 6) is 1.05. The van der Waals surface area contributed by atoms with Gasteiger partial charge in [-0.25, -0.2) is 4.79 Å². The van der Waals surface area contributed by atoms with Gasteiger partial charge in [-0.2, -0.15) is 10.4 Å². The fourth-order valence-electron chi connectivity index (χ4n) is 4.79. The summed E-state index contributed by atoms with van der Waals surface area (Å²) in [7, 11) is 1.66. The van der Waals surface area contributed by atoms with Crippen molar-refractivity contribution in [2.45, 2.75) is 37.3 Å². The number of hydrogen-bond donors (Lipinski definition) is 1. The van der Waals surface area contributed by atoms with E-state index in [-0.39, 0.29) is 6.61 Å². The van der Waals surface area contributed by atoms with Crippen LogP contribution in [0.2, 0.25) is 0 Å². The summed E-state index contributed by atoms with van der Waals surface area (Å²) in [6.45, 7) is 1.05. The van der Waals surface area contributed by atoms with Gasteiger partial charge in [0.05, 0.1) is 25.5 Å². The van der Waals surface area contributed by atoms with Gasteiger partial charge in [0.25, 0.3) is 0 Å². The summed E-state index contributed by atoms with van der Waals surface area (Å²) in [5, 5.41) is 24.3. The fraction of sp³-hybridized carbons (Fsp3) is 0.393. The molecule has 0 radical (unpaired) electrons. The topological polar surface area (TPSA) is 97.4 Å². The Labute approximate surface area is 216 Å². The van der Waals surface area contributed by atoms with Gasteiger partial charge in [0.1, 0.15) is 23.1 Å². The first-order valence-electron chi connectivity index (χ1n) is 12.2. The van der Waals surface area contributed by atoms with Crippen molar-refractivity contribution in [1.29, 1.82) is 5.26 Å². The molecule has 1 heterocycles. The van der Waals surface area contributed by atoms with E-state index in [9.17, 15) is 10.1 Å². The van der Waals surface area contributed by atoms with Gasteiger partial charge in [0, 0.05) is 17.7 Å². The van der Waals surface area contributed by atoms with Crippen LogP contribution in [0.1, 0.15) is 25.7 Å². The van der Waals surface area contributed by atoms with E-state index in [0.29, 0.717) is 24.2 Å². The molecule has 1 N–H and O–H groups in total. The van der Waals surface area contributed by atoms with Crippen LogP contribution < -0.4 is 4.74 Å². The number of aliphatic carboxylic acids is 1. The number of thioether (sulfide) groups is 1. The Kier molecular flexibility index (Phi) is 9.04. The van der Waals surface area contributed by atoms with Crippen molar-refractivity contribution in [3.05, 3.63) is 54.6 Å². The molecule has 4 rings (SSSR count). The SMILES string of the molecule is COc1cccc(-c2c(-c3ccccc3)nn(CC3CCC(COCC(=O)O)CC3)c2SCC#N)c1.